The van der Waals surface area contributed by atoms with Crippen LogP contribution in [0.15, 0.2) is 29.3 Å². The number of guanidine groups is 1. The maximum absolute atomic E-state index is 12.0. The van der Waals surface area contributed by atoms with Gasteiger partial charge in [0.05, 0.1) is 11.5 Å². The number of aliphatic imine (C=N–C) groups is 1. The molecule has 1 aliphatic heterocycles. The molecule has 2 unspecified atom stereocenters. The van der Waals surface area contributed by atoms with E-state index in [1.165, 1.54) is 11.1 Å². The van der Waals surface area contributed by atoms with E-state index < -0.39 is 9.84 Å². The highest BCUT2D eigenvalue weighted by atomic mass is 32.2. The van der Waals surface area contributed by atoms with Crippen molar-refractivity contribution < 1.29 is 13.2 Å². The molecule has 150 valence electrons. The van der Waals surface area contributed by atoms with E-state index in [4.69, 9.17) is 0 Å². The van der Waals surface area contributed by atoms with Crippen LogP contribution < -0.4 is 16.0 Å². The molecule has 1 fully saturated rings. The molecule has 7 nitrogen and oxygen atoms in total. The average Bonchev–Trinajstić information content (AvgIpc) is 2.95. The lowest BCUT2D eigenvalue weighted by atomic mass is 9.99. The van der Waals surface area contributed by atoms with E-state index in [2.05, 4.69) is 59.1 Å². The molecule has 8 heteroatoms. The summed E-state index contributed by atoms with van der Waals surface area (Å²) in [6.45, 7) is 5.40. The van der Waals surface area contributed by atoms with Gasteiger partial charge in [-0.15, -0.1) is 0 Å². The summed E-state index contributed by atoms with van der Waals surface area (Å²) in [4.78, 5) is 16.1. The Bertz CT molecular complexity index is 777. The Labute approximate surface area is 162 Å². The first-order valence-electron chi connectivity index (χ1n) is 9.30. The maximum atomic E-state index is 12.0. The number of carbonyl (C=O) groups is 1. The van der Waals surface area contributed by atoms with Crippen molar-refractivity contribution in [2.24, 2.45) is 4.99 Å². The molecule has 27 heavy (non-hydrogen) atoms. The molecule has 1 amide bonds. The topological polar surface area (TPSA) is 99.7 Å². The lowest BCUT2D eigenvalue weighted by molar-refractivity contribution is -0.121. The van der Waals surface area contributed by atoms with E-state index in [0.717, 1.165) is 6.54 Å². The van der Waals surface area contributed by atoms with Crippen molar-refractivity contribution in [1.82, 2.24) is 16.0 Å². The van der Waals surface area contributed by atoms with Crippen molar-refractivity contribution >= 4 is 21.7 Å². The summed E-state index contributed by atoms with van der Waals surface area (Å²) < 4.78 is 22.9. The number of benzene rings is 1. The van der Waals surface area contributed by atoms with Crippen LogP contribution in [0.5, 0.6) is 0 Å². The Morgan fingerprint density at radius 2 is 2.11 bits per heavy atom. The summed E-state index contributed by atoms with van der Waals surface area (Å²) >= 11 is 0. The van der Waals surface area contributed by atoms with Crippen LogP contribution in [0.3, 0.4) is 0 Å². The van der Waals surface area contributed by atoms with Crippen molar-refractivity contribution in [2.75, 3.05) is 31.6 Å². The number of amides is 1. The van der Waals surface area contributed by atoms with E-state index in [-0.39, 0.29) is 29.9 Å². The van der Waals surface area contributed by atoms with Gasteiger partial charge < -0.3 is 16.0 Å². The second-order valence-corrected chi connectivity index (χ2v) is 9.34. The summed E-state index contributed by atoms with van der Waals surface area (Å²) in [7, 11) is -1.29. The Kier molecular flexibility index (Phi) is 7.65. The number of rotatable bonds is 7. The van der Waals surface area contributed by atoms with E-state index in [1.807, 2.05) is 0 Å². The molecule has 0 aliphatic carbocycles. The second-order valence-electron chi connectivity index (χ2n) is 7.11. The molecule has 0 aromatic heterocycles. The predicted molar refractivity (Wildman–Crippen MR) is 109 cm³/mol. The van der Waals surface area contributed by atoms with Gasteiger partial charge in [-0.1, -0.05) is 36.8 Å². The minimum atomic E-state index is -2.98. The molecule has 2 atom stereocenters. The molecule has 1 aromatic carbocycles. The Hall–Kier alpha value is -2.09. The van der Waals surface area contributed by atoms with E-state index in [9.17, 15) is 13.2 Å². The molecule has 0 saturated carbocycles. The van der Waals surface area contributed by atoms with E-state index >= 15 is 0 Å². The molecule has 1 heterocycles. The van der Waals surface area contributed by atoms with Crippen LogP contribution in [-0.4, -0.2) is 58.0 Å². The summed E-state index contributed by atoms with van der Waals surface area (Å²) in [5.41, 5.74) is 2.51. The van der Waals surface area contributed by atoms with Crippen LogP contribution in [0.2, 0.25) is 0 Å². The Morgan fingerprint density at radius 3 is 2.74 bits per heavy atom. The number of carbonyl (C=O) groups excluding carboxylic acids is 1. The predicted octanol–water partition coefficient (Wildman–Crippen LogP) is 0.957. The van der Waals surface area contributed by atoms with Crippen molar-refractivity contribution in [3.63, 3.8) is 0 Å². The van der Waals surface area contributed by atoms with Gasteiger partial charge in [-0.3, -0.25) is 9.79 Å². The molecule has 1 aliphatic rings. The zero-order valence-corrected chi connectivity index (χ0v) is 17.1. The first-order valence-corrected chi connectivity index (χ1v) is 11.1. The molecule has 0 spiro atoms. The van der Waals surface area contributed by atoms with Gasteiger partial charge in [-0.25, -0.2) is 8.42 Å². The smallest absolute Gasteiger partial charge is 0.222 e. The highest BCUT2D eigenvalue weighted by Crippen LogP contribution is 2.15. The van der Waals surface area contributed by atoms with Crippen molar-refractivity contribution in [2.45, 2.75) is 38.6 Å². The maximum Gasteiger partial charge on any atom is 0.222 e. The Morgan fingerprint density at radius 1 is 1.33 bits per heavy atom. The standard InChI is InChI=1S/C19H30N4O3S/c1-14-5-4-6-16(11-14)15(2)12-22-19(20-3)21-9-7-18(24)23-17-8-10-27(25,26)13-17/h4-6,11,15,17H,7-10,12-13H2,1-3H3,(H,23,24)(H2,20,21,22). The molecular weight excluding hydrogens is 364 g/mol. The monoisotopic (exact) mass is 394 g/mol. The summed E-state index contributed by atoms with van der Waals surface area (Å²) in [5.74, 6) is 1.04. The number of sulfone groups is 1. The third kappa shape index (κ3) is 7.21. The average molecular weight is 395 g/mol. The fourth-order valence-electron chi connectivity index (χ4n) is 3.07. The normalized spacial score (nSPS) is 20.1. The molecule has 3 N–H and O–H groups in total. The van der Waals surface area contributed by atoms with Gasteiger partial charge in [-0.05, 0) is 24.8 Å². The van der Waals surface area contributed by atoms with E-state index in [1.54, 1.807) is 7.05 Å². The van der Waals surface area contributed by atoms with Crippen LogP contribution in [-0.2, 0) is 14.6 Å². The van der Waals surface area contributed by atoms with Crippen molar-refractivity contribution in [3.05, 3.63) is 35.4 Å². The van der Waals surface area contributed by atoms with Crippen molar-refractivity contribution in [1.29, 1.82) is 0 Å². The molecule has 0 bridgehead atoms. The number of nitrogens with one attached hydrogen (secondary N) is 3. The lowest BCUT2D eigenvalue weighted by Crippen LogP contribution is -2.42. The second kappa shape index (κ2) is 9.73. The van der Waals surface area contributed by atoms with Gasteiger partial charge in [0.1, 0.15) is 0 Å². The van der Waals surface area contributed by atoms with Gasteiger partial charge in [0.25, 0.3) is 0 Å². The van der Waals surface area contributed by atoms with Gasteiger partial charge in [-0.2, -0.15) is 0 Å². The highest BCUT2D eigenvalue weighted by Gasteiger charge is 2.28. The van der Waals surface area contributed by atoms with Crippen LogP contribution in [0.1, 0.15) is 36.8 Å². The zero-order chi connectivity index (χ0) is 19.9. The molecule has 1 aromatic rings. The molecule has 2 rings (SSSR count). The summed E-state index contributed by atoms with van der Waals surface area (Å²) in [5, 5.41) is 9.18. The van der Waals surface area contributed by atoms with Gasteiger partial charge in [0.15, 0.2) is 15.8 Å². The minimum Gasteiger partial charge on any atom is -0.356 e. The van der Waals surface area contributed by atoms with Crippen LogP contribution in [0, 0.1) is 6.92 Å². The molecule has 0 radical (unpaired) electrons. The Balaban J connectivity index is 1.68. The fourth-order valence-corrected chi connectivity index (χ4v) is 4.74. The zero-order valence-electron chi connectivity index (χ0n) is 16.3. The van der Waals surface area contributed by atoms with Crippen LogP contribution >= 0.6 is 0 Å². The summed E-state index contributed by atoms with van der Waals surface area (Å²) in [6.07, 6.45) is 0.770. The van der Waals surface area contributed by atoms with Crippen LogP contribution in [0.4, 0.5) is 0 Å². The number of aryl methyl sites for hydroxylation is 1. The number of nitrogens with zero attached hydrogens (tertiary/aromatic N) is 1. The molecular formula is C19H30N4O3S. The molecule has 1 saturated heterocycles. The van der Waals surface area contributed by atoms with Crippen LogP contribution in [0.25, 0.3) is 0 Å². The van der Waals surface area contributed by atoms with Gasteiger partial charge >= 0.3 is 0 Å². The first kappa shape index (κ1) is 21.2. The largest absolute Gasteiger partial charge is 0.356 e. The third-order valence-corrected chi connectivity index (χ3v) is 6.42. The number of hydrogen-bond donors (Lipinski definition) is 3. The van der Waals surface area contributed by atoms with Crippen molar-refractivity contribution in [3.8, 4) is 0 Å². The van der Waals surface area contributed by atoms with Gasteiger partial charge in [0.2, 0.25) is 5.91 Å². The van der Waals surface area contributed by atoms with Gasteiger partial charge in [0, 0.05) is 32.6 Å². The SMILES string of the molecule is CN=C(NCCC(=O)NC1CCS(=O)(=O)C1)NCC(C)c1cccc(C)c1. The quantitative estimate of drug-likeness (QED) is 0.472. The minimum absolute atomic E-state index is 0.0479. The summed E-state index contributed by atoms with van der Waals surface area (Å²) in [6, 6.07) is 8.17. The third-order valence-electron chi connectivity index (χ3n) is 4.65. The highest BCUT2D eigenvalue weighted by molar-refractivity contribution is 7.91. The number of hydrogen-bond acceptors (Lipinski definition) is 4. The fraction of sp³-hybridized carbons (Fsp3) is 0.579. The lowest BCUT2D eigenvalue weighted by Gasteiger charge is -2.17. The van der Waals surface area contributed by atoms with E-state index in [0.29, 0.717) is 24.8 Å². The first-order chi connectivity index (χ1) is 12.8.